The molecule has 1 heterocycles. The number of ether oxygens (including phenoxy) is 1. The van der Waals surface area contributed by atoms with Crippen LogP contribution in [0.2, 0.25) is 0 Å². The summed E-state index contributed by atoms with van der Waals surface area (Å²) in [7, 11) is 0. The molecule has 0 atom stereocenters. The van der Waals surface area contributed by atoms with Crippen molar-refractivity contribution in [3.63, 3.8) is 0 Å². The number of carbonyl (C=O) groups excluding carboxylic acids is 1. The zero-order valence-electron chi connectivity index (χ0n) is 12.3. The first-order chi connectivity index (χ1) is 10.7. The van der Waals surface area contributed by atoms with Gasteiger partial charge in [0.2, 0.25) is 5.91 Å². The van der Waals surface area contributed by atoms with Gasteiger partial charge in [0, 0.05) is 23.1 Å². The molecule has 0 unspecified atom stereocenters. The first kappa shape index (κ1) is 15.1. The van der Waals surface area contributed by atoms with Crippen LogP contribution in [0.4, 0.5) is 0 Å². The predicted octanol–water partition coefficient (Wildman–Crippen LogP) is 3.80. The van der Waals surface area contributed by atoms with Crippen LogP contribution in [0.5, 0.6) is 5.75 Å². The largest absolute Gasteiger partial charge is 0.489 e. The van der Waals surface area contributed by atoms with Gasteiger partial charge in [-0.3, -0.25) is 4.79 Å². The number of likely N-dealkylation sites (tertiary alicyclic amines) is 1. The Morgan fingerprint density at radius 2 is 1.91 bits per heavy atom. The van der Waals surface area contributed by atoms with Gasteiger partial charge in [-0.15, -0.1) is 0 Å². The first-order valence-electron chi connectivity index (χ1n) is 7.45. The van der Waals surface area contributed by atoms with Crippen molar-refractivity contribution in [2.75, 3.05) is 13.1 Å². The topological polar surface area (TPSA) is 29.5 Å². The molecule has 0 aliphatic carbocycles. The highest BCUT2D eigenvalue weighted by atomic mass is 79.9. The molecule has 0 bridgehead atoms. The minimum Gasteiger partial charge on any atom is -0.489 e. The molecule has 22 heavy (non-hydrogen) atoms. The van der Waals surface area contributed by atoms with Crippen molar-refractivity contribution in [1.82, 2.24) is 4.90 Å². The Bertz CT molecular complexity index is 653. The highest BCUT2D eigenvalue weighted by molar-refractivity contribution is 9.10. The van der Waals surface area contributed by atoms with Crippen molar-refractivity contribution < 1.29 is 9.53 Å². The van der Waals surface area contributed by atoms with Crippen LogP contribution in [0.3, 0.4) is 0 Å². The fourth-order valence-electron chi connectivity index (χ4n) is 2.40. The molecule has 2 aromatic carbocycles. The third kappa shape index (κ3) is 3.69. The molecule has 2 aromatic rings. The Morgan fingerprint density at radius 3 is 2.59 bits per heavy atom. The number of rotatable bonds is 5. The summed E-state index contributed by atoms with van der Waals surface area (Å²) in [6.07, 6.45) is 1.51. The van der Waals surface area contributed by atoms with E-state index in [4.69, 9.17) is 4.74 Å². The van der Waals surface area contributed by atoms with E-state index in [-0.39, 0.29) is 5.91 Å². The van der Waals surface area contributed by atoms with Crippen LogP contribution in [-0.4, -0.2) is 23.9 Å². The second-order valence-corrected chi connectivity index (χ2v) is 6.35. The van der Waals surface area contributed by atoms with E-state index in [2.05, 4.69) is 15.9 Å². The quantitative estimate of drug-likeness (QED) is 0.812. The number of nitrogens with zero attached hydrogens (tertiary/aromatic N) is 1. The second kappa shape index (κ2) is 6.97. The zero-order chi connectivity index (χ0) is 15.4. The van der Waals surface area contributed by atoms with E-state index in [0.717, 1.165) is 40.9 Å². The molecule has 1 aliphatic rings. The van der Waals surface area contributed by atoms with Gasteiger partial charge in [-0.05, 0) is 30.2 Å². The van der Waals surface area contributed by atoms with Gasteiger partial charge in [-0.25, -0.2) is 0 Å². The summed E-state index contributed by atoms with van der Waals surface area (Å²) in [6.45, 7) is 2.27. The summed E-state index contributed by atoms with van der Waals surface area (Å²) in [5, 5.41) is 0. The molecule has 1 amide bonds. The van der Waals surface area contributed by atoms with E-state index in [1.54, 1.807) is 0 Å². The molecular formula is C18H18BrNO2. The van der Waals surface area contributed by atoms with Gasteiger partial charge in [0.25, 0.3) is 0 Å². The third-order valence-electron chi connectivity index (χ3n) is 3.81. The summed E-state index contributed by atoms with van der Waals surface area (Å²) in [4.78, 5) is 14.1. The molecular weight excluding hydrogens is 342 g/mol. The Hall–Kier alpha value is -1.81. The standard InChI is InChI=1S/C18H18BrNO2/c19-16-7-8-17(22-13-14-5-2-1-3-6-14)15(11-16)12-18(21)20-9-4-10-20/h1-3,5-8,11H,4,9-10,12-13H2. The molecule has 0 saturated carbocycles. The third-order valence-corrected chi connectivity index (χ3v) is 4.30. The van der Waals surface area contributed by atoms with E-state index in [0.29, 0.717) is 13.0 Å². The van der Waals surface area contributed by atoms with Gasteiger partial charge >= 0.3 is 0 Å². The summed E-state index contributed by atoms with van der Waals surface area (Å²) in [6, 6.07) is 15.9. The van der Waals surface area contributed by atoms with Crippen molar-refractivity contribution >= 4 is 21.8 Å². The van der Waals surface area contributed by atoms with Crippen molar-refractivity contribution in [1.29, 1.82) is 0 Å². The van der Waals surface area contributed by atoms with E-state index < -0.39 is 0 Å². The Labute approximate surface area is 139 Å². The summed E-state index contributed by atoms with van der Waals surface area (Å²) >= 11 is 3.47. The molecule has 3 nitrogen and oxygen atoms in total. The number of hydrogen-bond donors (Lipinski definition) is 0. The van der Waals surface area contributed by atoms with Gasteiger partial charge in [0.1, 0.15) is 12.4 Å². The molecule has 0 spiro atoms. The number of hydrogen-bond acceptors (Lipinski definition) is 2. The monoisotopic (exact) mass is 359 g/mol. The lowest BCUT2D eigenvalue weighted by Crippen LogP contribution is -2.42. The zero-order valence-corrected chi connectivity index (χ0v) is 13.9. The average molecular weight is 360 g/mol. The maximum Gasteiger partial charge on any atom is 0.227 e. The summed E-state index contributed by atoms with van der Waals surface area (Å²) in [5.41, 5.74) is 2.05. The molecule has 4 heteroatoms. The highest BCUT2D eigenvalue weighted by Gasteiger charge is 2.21. The summed E-state index contributed by atoms with van der Waals surface area (Å²) < 4.78 is 6.88. The molecule has 1 aliphatic heterocycles. The minimum atomic E-state index is 0.175. The smallest absolute Gasteiger partial charge is 0.227 e. The number of amides is 1. The van der Waals surface area contributed by atoms with Crippen LogP contribution >= 0.6 is 15.9 Å². The minimum absolute atomic E-state index is 0.175. The molecule has 3 rings (SSSR count). The maximum absolute atomic E-state index is 12.2. The van der Waals surface area contributed by atoms with Crippen LogP contribution in [0, 0.1) is 0 Å². The van der Waals surface area contributed by atoms with Crippen molar-refractivity contribution in [3.05, 3.63) is 64.1 Å². The molecule has 114 valence electrons. The van der Waals surface area contributed by atoms with E-state index in [1.807, 2.05) is 53.4 Å². The van der Waals surface area contributed by atoms with Crippen molar-refractivity contribution in [2.24, 2.45) is 0 Å². The van der Waals surface area contributed by atoms with Crippen LogP contribution in [0.25, 0.3) is 0 Å². The lowest BCUT2D eigenvalue weighted by molar-refractivity contribution is -0.133. The van der Waals surface area contributed by atoms with Gasteiger partial charge in [0.15, 0.2) is 0 Å². The number of halogens is 1. The van der Waals surface area contributed by atoms with Crippen molar-refractivity contribution in [3.8, 4) is 5.75 Å². The lowest BCUT2D eigenvalue weighted by atomic mass is 10.1. The fraction of sp³-hybridized carbons (Fsp3) is 0.278. The summed E-state index contributed by atoms with van der Waals surface area (Å²) in [5.74, 6) is 0.954. The normalized spacial score (nSPS) is 13.6. The van der Waals surface area contributed by atoms with Gasteiger partial charge < -0.3 is 9.64 Å². The number of carbonyl (C=O) groups is 1. The van der Waals surface area contributed by atoms with E-state index in [1.165, 1.54) is 0 Å². The van der Waals surface area contributed by atoms with Gasteiger partial charge in [-0.1, -0.05) is 46.3 Å². The van der Waals surface area contributed by atoms with E-state index >= 15 is 0 Å². The lowest BCUT2D eigenvalue weighted by Gasteiger charge is -2.31. The van der Waals surface area contributed by atoms with Crippen molar-refractivity contribution in [2.45, 2.75) is 19.4 Å². The van der Waals surface area contributed by atoms with Crippen LogP contribution in [0.1, 0.15) is 17.5 Å². The molecule has 0 radical (unpaired) electrons. The maximum atomic E-state index is 12.2. The van der Waals surface area contributed by atoms with Crippen LogP contribution in [-0.2, 0) is 17.8 Å². The van der Waals surface area contributed by atoms with Crippen LogP contribution in [0.15, 0.2) is 53.0 Å². The second-order valence-electron chi connectivity index (χ2n) is 5.44. The molecule has 1 saturated heterocycles. The van der Waals surface area contributed by atoms with Crippen LogP contribution < -0.4 is 4.74 Å². The Balaban J connectivity index is 1.71. The van der Waals surface area contributed by atoms with E-state index in [9.17, 15) is 4.79 Å². The number of benzene rings is 2. The fourth-order valence-corrected chi connectivity index (χ4v) is 2.81. The average Bonchev–Trinajstić information content (AvgIpc) is 2.45. The highest BCUT2D eigenvalue weighted by Crippen LogP contribution is 2.25. The SMILES string of the molecule is O=C(Cc1cc(Br)ccc1OCc1ccccc1)N1CCC1. The Kier molecular flexibility index (Phi) is 4.78. The molecule has 1 fully saturated rings. The Morgan fingerprint density at radius 1 is 1.14 bits per heavy atom. The molecule has 0 N–H and O–H groups in total. The first-order valence-corrected chi connectivity index (χ1v) is 8.24. The predicted molar refractivity (Wildman–Crippen MR) is 89.8 cm³/mol. The van der Waals surface area contributed by atoms with Gasteiger partial charge in [-0.2, -0.15) is 0 Å². The van der Waals surface area contributed by atoms with Gasteiger partial charge in [0.05, 0.1) is 6.42 Å². The molecule has 0 aromatic heterocycles.